The third-order valence-electron chi connectivity index (χ3n) is 3.72. The summed E-state index contributed by atoms with van der Waals surface area (Å²) in [6, 6.07) is 6.67. The van der Waals surface area contributed by atoms with E-state index in [4.69, 9.17) is 4.74 Å². The number of aliphatic imine (C=N–C) groups is 1. The van der Waals surface area contributed by atoms with Gasteiger partial charge in [0.15, 0.2) is 17.5 Å². The maximum Gasteiger partial charge on any atom is 0.191 e. The van der Waals surface area contributed by atoms with Crippen molar-refractivity contribution in [3.63, 3.8) is 0 Å². The fraction of sp³-hybridized carbons (Fsp3) is 0.389. The van der Waals surface area contributed by atoms with Crippen molar-refractivity contribution < 1.29 is 14.2 Å². The molecule has 1 atom stereocenters. The first-order valence-corrected chi connectivity index (χ1v) is 9.00. The van der Waals surface area contributed by atoms with Crippen molar-refractivity contribution in [2.24, 2.45) is 4.99 Å². The number of rotatable bonds is 7. The fourth-order valence-corrected chi connectivity index (χ4v) is 3.03. The predicted molar refractivity (Wildman–Crippen MR) is 99.7 cm³/mol. The summed E-state index contributed by atoms with van der Waals surface area (Å²) in [7, 11) is 1.43. The Bertz CT molecular complexity index is 702. The van der Waals surface area contributed by atoms with Gasteiger partial charge in [0.25, 0.3) is 0 Å². The number of thiophene rings is 1. The Labute approximate surface area is 151 Å². The average molecular weight is 365 g/mol. The molecule has 0 aliphatic rings. The highest BCUT2D eigenvalue weighted by Crippen LogP contribution is 2.22. The van der Waals surface area contributed by atoms with E-state index in [0.717, 1.165) is 11.1 Å². The van der Waals surface area contributed by atoms with Gasteiger partial charge in [-0.1, -0.05) is 6.07 Å². The summed E-state index contributed by atoms with van der Waals surface area (Å²) >= 11 is 1.54. The maximum atomic E-state index is 13.7. The minimum atomic E-state index is -0.998. The van der Waals surface area contributed by atoms with Gasteiger partial charge < -0.3 is 20.5 Å². The normalized spacial score (nSPS) is 14.0. The standard InChI is InChI=1S/C18H24FN3O2S/c1-4-20-17(22-12-18(2,23)14-7-8-25-11-14)21-10-13-5-6-16(24-3)15(19)9-13/h5-9,11,23H,4,10,12H2,1-3H3,(H2,20,21,22). The molecule has 5 nitrogen and oxygen atoms in total. The van der Waals surface area contributed by atoms with E-state index in [1.165, 1.54) is 13.2 Å². The molecule has 2 rings (SSSR count). The Kier molecular flexibility index (Phi) is 6.78. The van der Waals surface area contributed by atoms with E-state index in [9.17, 15) is 9.50 Å². The van der Waals surface area contributed by atoms with Crippen LogP contribution in [0.5, 0.6) is 5.75 Å². The second-order valence-corrected chi connectivity index (χ2v) is 6.58. The largest absolute Gasteiger partial charge is 0.494 e. The van der Waals surface area contributed by atoms with E-state index in [1.807, 2.05) is 23.8 Å². The van der Waals surface area contributed by atoms with Crippen LogP contribution in [-0.4, -0.2) is 31.3 Å². The number of halogens is 1. The van der Waals surface area contributed by atoms with Crippen LogP contribution in [0, 0.1) is 5.82 Å². The molecule has 7 heteroatoms. The van der Waals surface area contributed by atoms with Crippen molar-refractivity contribution in [2.45, 2.75) is 26.0 Å². The first-order chi connectivity index (χ1) is 12.0. The molecule has 0 fully saturated rings. The zero-order valence-corrected chi connectivity index (χ0v) is 15.5. The second kappa shape index (κ2) is 8.82. The van der Waals surface area contributed by atoms with Gasteiger partial charge in [-0.3, -0.25) is 0 Å². The summed E-state index contributed by atoms with van der Waals surface area (Å²) in [4.78, 5) is 4.44. The van der Waals surface area contributed by atoms with Gasteiger partial charge in [-0.25, -0.2) is 9.38 Å². The SMILES string of the molecule is CCNC(=NCc1ccc(OC)c(F)c1)NCC(C)(O)c1ccsc1. The van der Waals surface area contributed by atoms with Crippen LogP contribution in [0.15, 0.2) is 40.0 Å². The highest BCUT2D eigenvalue weighted by Gasteiger charge is 2.23. The lowest BCUT2D eigenvalue weighted by Crippen LogP contribution is -2.44. The highest BCUT2D eigenvalue weighted by molar-refractivity contribution is 7.08. The van der Waals surface area contributed by atoms with Gasteiger partial charge >= 0.3 is 0 Å². The predicted octanol–water partition coefficient (Wildman–Crippen LogP) is 2.86. The first-order valence-electron chi connectivity index (χ1n) is 8.06. The van der Waals surface area contributed by atoms with Crippen LogP contribution in [-0.2, 0) is 12.1 Å². The molecular weight excluding hydrogens is 341 g/mol. The zero-order valence-electron chi connectivity index (χ0n) is 14.7. The molecule has 0 saturated heterocycles. The summed E-state index contributed by atoms with van der Waals surface area (Å²) in [6.45, 7) is 5.03. The van der Waals surface area contributed by atoms with E-state index in [1.54, 1.807) is 30.4 Å². The van der Waals surface area contributed by atoms with Crippen LogP contribution < -0.4 is 15.4 Å². The molecule has 2 aromatic rings. The third-order valence-corrected chi connectivity index (χ3v) is 4.41. The van der Waals surface area contributed by atoms with Crippen LogP contribution in [0.3, 0.4) is 0 Å². The Morgan fingerprint density at radius 3 is 2.76 bits per heavy atom. The first kappa shape index (κ1) is 19.2. The van der Waals surface area contributed by atoms with Crippen LogP contribution in [0.25, 0.3) is 0 Å². The minimum Gasteiger partial charge on any atom is -0.494 e. The molecule has 0 radical (unpaired) electrons. The van der Waals surface area contributed by atoms with Crippen LogP contribution in [0.1, 0.15) is 25.0 Å². The lowest BCUT2D eigenvalue weighted by Gasteiger charge is -2.24. The smallest absolute Gasteiger partial charge is 0.191 e. The summed E-state index contributed by atoms with van der Waals surface area (Å²) in [5, 5.41) is 20.7. The molecule has 136 valence electrons. The molecule has 0 spiro atoms. The lowest BCUT2D eigenvalue weighted by molar-refractivity contribution is 0.0621. The van der Waals surface area contributed by atoms with Gasteiger partial charge in [0.05, 0.1) is 20.2 Å². The number of hydrogen-bond donors (Lipinski definition) is 3. The van der Waals surface area contributed by atoms with Gasteiger partial charge in [-0.2, -0.15) is 11.3 Å². The van der Waals surface area contributed by atoms with E-state index in [0.29, 0.717) is 25.6 Å². The summed E-state index contributed by atoms with van der Waals surface area (Å²) in [6.07, 6.45) is 0. The van der Waals surface area contributed by atoms with Gasteiger partial charge in [0, 0.05) is 6.54 Å². The molecule has 0 aliphatic carbocycles. The molecule has 0 aliphatic heterocycles. The third kappa shape index (κ3) is 5.44. The number of guanidine groups is 1. The maximum absolute atomic E-state index is 13.7. The van der Waals surface area contributed by atoms with Gasteiger partial charge in [0.2, 0.25) is 0 Å². The monoisotopic (exact) mass is 365 g/mol. The van der Waals surface area contributed by atoms with Crippen molar-refractivity contribution in [1.82, 2.24) is 10.6 Å². The molecule has 1 aromatic carbocycles. The molecule has 25 heavy (non-hydrogen) atoms. The van der Waals surface area contributed by atoms with Gasteiger partial charge in [-0.05, 0) is 53.9 Å². The molecule has 3 N–H and O–H groups in total. The molecular formula is C18H24FN3O2S. The van der Waals surface area contributed by atoms with E-state index in [2.05, 4.69) is 15.6 Å². The Morgan fingerprint density at radius 2 is 2.16 bits per heavy atom. The summed E-state index contributed by atoms with van der Waals surface area (Å²) in [5.41, 5.74) is 0.598. The Balaban J connectivity index is 2.02. The van der Waals surface area contributed by atoms with Crippen molar-refractivity contribution >= 4 is 17.3 Å². The van der Waals surface area contributed by atoms with E-state index >= 15 is 0 Å². The molecule has 0 saturated carbocycles. The van der Waals surface area contributed by atoms with Crippen molar-refractivity contribution in [3.8, 4) is 5.75 Å². The van der Waals surface area contributed by atoms with E-state index < -0.39 is 11.4 Å². The summed E-state index contributed by atoms with van der Waals surface area (Å²) < 4.78 is 18.7. The number of methoxy groups -OCH3 is 1. The fourth-order valence-electron chi connectivity index (χ4n) is 2.25. The Morgan fingerprint density at radius 1 is 1.36 bits per heavy atom. The zero-order chi connectivity index (χ0) is 18.3. The average Bonchev–Trinajstić information content (AvgIpc) is 3.13. The number of aliphatic hydroxyl groups is 1. The van der Waals surface area contributed by atoms with Crippen LogP contribution >= 0.6 is 11.3 Å². The molecule has 0 bridgehead atoms. The molecule has 1 heterocycles. The van der Waals surface area contributed by atoms with Crippen LogP contribution in [0.2, 0.25) is 0 Å². The highest BCUT2D eigenvalue weighted by atomic mass is 32.1. The van der Waals surface area contributed by atoms with Gasteiger partial charge in [0.1, 0.15) is 5.60 Å². The number of nitrogens with one attached hydrogen (secondary N) is 2. The second-order valence-electron chi connectivity index (χ2n) is 5.80. The van der Waals surface area contributed by atoms with Gasteiger partial charge in [-0.15, -0.1) is 0 Å². The van der Waals surface area contributed by atoms with Crippen molar-refractivity contribution in [3.05, 3.63) is 52.0 Å². The topological polar surface area (TPSA) is 65.9 Å². The number of nitrogens with zero attached hydrogens (tertiary/aromatic N) is 1. The Hall–Kier alpha value is -2.12. The molecule has 1 aromatic heterocycles. The van der Waals surface area contributed by atoms with E-state index in [-0.39, 0.29) is 5.75 Å². The van der Waals surface area contributed by atoms with Crippen molar-refractivity contribution in [2.75, 3.05) is 20.2 Å². The quantitative estimate of drug-likeness (QED) is 0.521. The summed E-state index contributed by atoms with van der Waals surface area (Å²) in [5.74, 6) is 0.368. The number of benzene rings is 1. The number of hydrogen-bond acceptors (Lipinski definition) is 4. The molecule has 1 unspecified atom stereocenters. The number of ether oxygens (including phenoxy) is 1. The van der Waals surface area contributed by atoms with Crippen molar-refractivity contribution in [1.29, 1.82) is 0 Å². The molecule has 0 amide bonds. The lowest BCUT2D eigenvalue weighted by atomic mass is 9.99. The minimum absolute atomic E-state index is 0.213. The van der Waals surface area contributed by atoms with Crippen LogP contribution in [0.4, 0.5) is 4.39 Å².